The van der Waals surface area contributed by atoms with Crippen LogP contribution in [0, 0.1) is 5.92 Å². The molecule has 0 saturated heterocycles. The molecule has 0 bridgehead atoms. The highest BCUT2D eigenvalue weighted by atomic mass is 32.2. The molecule has 1 rings (SSSR count). The van der Waals surface area contributed by atoms with Gasteiger partial charge in [0.1, 0.15) is 0 Å². The molecule has 2 N–H and O–H groups in total. The summed E-state index contributed by atoms with van der Waals surface area (Å²) in [5.41, 5.74) is 1.27. The maximum absolute atomic E-state index is 9.31. The van der Waals surface area contributed by atoms with Gasteiger partial charge in [0, 0.05) is 17.0 Å². The van der Waals surface area contributed by atoms with Crippen LogP contribution in [0.4, 0.5) is 0 Å². The van der Waals surface area contributed by atoms with Gasteiger partial charge < -0.3 is 10.4 Å². The van der Waals surface area contributed by atoms with Crippen molar-refractivity contribution in [1.82, 2.24) is 5.32 Å². The van der Waals surface area contributed by atoms with Crippen LogP contribution < -0.4 is 5.32 Å². The summed E-state index contributed by atoms with van der Waals surface area (Å²) in [5, 5.41) is 12.8. The van der Waals surface area contributed by atoms with Crippen LogP contribution in [0.25, 0.3) is 0 Å². The van der Waals surface area contributed by atoms with Gasteiger partial charge in [0.15, 0.2) is 0 Å². The molecule has 0 saturated carbocycles. The van der Waals surface area contributed by atoms with Gasteiger partial charge in [-0.25, -0.2) is 0 Å². The fourth-order valence-electron chi connectivity index (χ4n) is 1.77. The van der Waals surface area contributed by atoms with Gasteiger partial charge >= 0.3 is 0 Å². The Morgan fingerprint density at radius 3 is 2.18 bits per heavy atom. The lowest BCUT2D eigenvalue weighted by molar-refractivity contribution is 0.201. The minimum atomic E-state index is 0.158. The molecule has 0 radical (unpaired) electrons. The third kappa shape index (κ3) is 4.34. The summed E-state index contributed by atoms with van der Waals surface area (Å²) < 4.78 is 0. The Morgan fingerprint density at radius 2 is 1.76 bits per heavy atom. The Labute approximate surface area is 109 Å². The van der Waals surface area contributed by atoms with E-state index in [4.69, 9.17) is 0 Å². The van der Waals surface area contributed by atoms with E-state index in [2.05, 4.69) is 56.6 Å². The zero-order valence-electron chi connectivity index (χ0n) is 11.1. The van der Waals surface area contributed by atoms with Gasteiger partial charge in [0.2, 0.25) is 0 Å². The Morgan fingerprint density at radius 1 is 1.18 bits per heavy atom. The van der Waals surface area contributed by atoms with Crippen LogP contribution in [0.3, 0.4) is 0 Å². The molecule has 1 aromatic carbocycles. The third-order valence-corrected chi connectivity index (χ3v) is 3.82. The van der Waals surface area contributed by atoms with Crippen LogP contribution in [-0.4, -0.2) is 24.0 Å². The van der Waals surface area contributed by atoms with Crippen molar-refractivity contribution >= 4 is 11.8 Å². The molecule has 0 aliphatic carbocycles. The number of rotatable bonds is 6. The SMILES string of the molecule is CSc1ccc(C(C)NC(CO)C(C)C)cc1. The van der Waals surface area contributed by atoms with E-state index in [9.17, 15) is 5.11 Å². The van der Waals surface area contributed by atoms with Crippen LogP contribution in [-0.2, 0) is 0 Å². The topological polar surface area (TPSA) is 32.3 Å². The van der Waals surface area contributed by atoms with E-state index >= 15 is 0 Å². The summed E-state index contributed by atoms with van der Waals surface area (Å²) in [6, 6.07) is 9.01. The molecule has 0 spiro atoms. The van der Waals surface area contributed by atoms with E-state index in [0.29, 0.717) is 5.92 Å². The number of benzene rings is 1. The molecule has 2 atom stereocenters. The van der Waals surface area contributed by atoms with Gasteiger partial charge in [-0.15, -0.1) is 11.8 Å². The standard InChI is InChI=1S/C14H23NOS/c1-10(2)14(9-16)15-11(3)12-5-7-13(17-4)8-6-12/h5-8,10-11,14-16H,9H2,1-4H3. The fourth-order valence-corrected chi connectivity index (χ4v) is 2.17. The van der Waals surface area contributed by atoms with E-state index in [1.54, 1.807) is 11.8 Å². The summed E-state index contributed by atoms with van der Waals surface area (Å²) in [7, 11) is 0. The third-order valence-electron chi connectivity index (χ3n) is 3.08. The van der Waals surface area contributed by atoms with Crippen molar-refractivity contribution in [2.75, 3.05) is 12.9 Å². The zero-order chi connectivity index (χ0) is 12.8. The van der Waals surface area contributed by atoms with Crippen LogP contribution in [0.2, 0.25) is 0 Å². The summed E-state index contributed by atoms with van der Waals surface area (Å²) in [4.78, 5) is 1.28. The molecule has 0 amide bonds. The molecule has 0 aliphatic rings. The molecule has 0 fully saturated rings. The van der Waals surface area contributed by atoms with Crippen molar-refractivity contribution in [2.24, 2.45) is 5.92 Å². The zero-order valence-corrected chi connectivity index (χ0v) is 11.9. The number of nitrogens with one attached hydrogen (secondary N) is 1. The van der Waals surface area contributed by atoms with E-state index in [-0.39, 0.29) is 18.7 Å². The molecule has 0 heterocycles. The monoisotopic (exact) mass is 253 g/mol. The lowest BCUT2D eigenvalue weighted by atomic mass is 10.0. The van der Waals surface area contributed by atoms with Crippen molar-refractivity contribution in [1.29, 1.82) is 0 Å². The maximum Gasteiger partial charge on any atom is 0.0587 e. The Hall–Kier alpha value is -0.510. The summed E-state index contributed by atoms with van der Waals surface area (Å²) in [5.74, 6) is 0.438. The van der Waals surface area contributed by atoms with Gasteiger partial charge in [-0.05, 0) is 36.8 Å². The molecule has 0 aliphatic heterocycles. The highest BCUT2D eigenvalue weighted by Gasteiger charge is 2.15. The summed E-state index contributed by atoms with van der Waals surface area (Å²) in [6.45, 7) is 6.57. The van der Waals surface area contributed by atoms with Crippen molar-refractivity contribution in [3.05, 3.63) is 29.8 Å². The Kier molecular flexibility index (Phi) is 6.03. The predicted molar refractivity (Wildman–Crippen MR) is 75.5 cm³/mol. The van der Waals surface area contributed by atoms with Crippen LogP contribution in [0.1, 0.15) is 32.4 Å². The molecular weight excluding hydrogens is 230 g/mol. The van der Waals surface area contributed by atoms with Crippen molar-refractivity contribution in [3.63, 3.8) is 0 Å². The highest BCUT2D eigenvalue weighted by Crippen LogP contribution is 2.19. The second-order valence-corrected chi connectivity index (χ2v) is 5.57. The highest BCUT2D eigenvalue weighted by molar-refractivity contribution is 7.98. The minimum absolute atomic E-state index is 0.158. The second-order valence-electron chi connectivity index (χ2n) is 4.69. The van der Waals surface area contributed by atoms with Gasteiger partial charge in [0.05, 0.1) is 6.61 Å². The lowest BCUT2D eigenvalue weighted by Crippen LogP contribution is -2.38. The molecule has 1 aromatic rings. The first-order valence-electron chi connectivity index (χ1n) is 6.09. The average molecular weight is 253 g/mol. The number of hydrogen-bond acceptors (Lipinski definition) is 3. The fraction of sp³-hybridized carbons (Fsp3) is 0.571. The second kappa shape index (κ2) is 7.04. The van der Waals surface area contributed by atoms with Gasteiger partial charge in [-0.3, -0.25) is 0 Å². The molecule has 2 unspecified atom stereocenters. The Balaban J connectivity index is 2.65. The predicted octanol–water partition coefficient (Wildman–Crippen LogP) is 3.08. The van der Waals surface area contributed by atoms with Gasteiger partial charge in [-0.2, -0.15) is 0 Å². The van der Waals surface area contributed by atoms with E-state index < -0.39 is 0 Å². The number of hydrogen-bond donors (Lipinski definition) is 2. The minimum Gasteiger partial charge on any atom is -0.395 e. The van der Waals surface area contributed by atoms with E-state index in [1.807, 2.05) is 0 Å². The van der Waals surface area contributed by atoms with Crippen LogP contribution >= 0.6 is 11.8 Å². The Bertz CT molecular complexity index is 323. The molecule has 0 aromatic heterocycles. The first-order valence-corrected chi connectivity index (χ1v) is 7.31. The first-order chi connectivity index (χ1) is 8.08. The maximum atomic E-state index is 9.31. The quantitative estimate of drug-likeness (QED) is 0.764. The smallest absolute Gasteiger partial charge is 0.0587 e. The van der Waals surface area contributed by atoms with Crippen molar-refractivity contribution in [2.45, 2.75) is 37.8 Å². The van der Waals surface area contributed by atoms with Crippen LogP contribution in [0.15, 0.2) is 29.2 Å². The largest absolute Gasteiger partial charge is 0.395 e. The van der Waals surface area contributed by atoms with E-state index in [1.165, 1.54) is 10.5 Å². The van der Waals surface area contributed by atoms with Gasteiger partial charge in [0.25, 0.3) is 0 Å². The molecule has 96 valence electrons. The van der Waals surface area contributed by atoms with E-state index in [0.717, 1.165) is 0 Å². The summed E-state index contributed by atoms with van der Waals surface area (Å²) in [6.07, 6.45) is 2.08. The molecule has 17 heavy (non-hydrogen) atoms. The molecular formula is C14H23NOS. The lowest BCUT2D eigenvalue weighted by Gasteiger charge is -2.25. The van der Waals surface area contributed by atoms with Crippen molar-refractivity contribution < 1.29 is 5.11 Å². The summed E-state index contributed by atoms with van der Waals surface area (Å²) >= 11 is 1.75. The average Bonchev–Trinajstić information content (AvgIpc) is 2.35. The normalized spacial score (nSPS) is 14.9. The first kappa shape index (κ1) is 14.6. The van der Waals surface area contributed by atoms with Gasteiger partial charge in [-0.1, -0.05) is 26.0 Å². The molecule has 2 nitrogen and oxygen atoms in total. The number of aliphatic hydroxyl groups excluding tert-OH is 1. The van der Waals surface area contributed by atoms with Crippen molar-refractivity contribution in [3.8, 4) is 0 Å². The number of thioether (sulfide) groups is 1. The number of aliphatic hydroxyl groups is 1. The van der Waals surface area contributed by atoms with Crippen LogP contribution in [0.5, 0.6) is 0 Å². The molecule has 3 heteroatoms.